The summed E-state index contributed by atoms with van der Waals surface area (Å²) < 4.78 is 27.2. The van der Waals surface area contributed by atoms with Crippen LogP contribution in [0.4, 0.5) is 5.69 Å². The van der Waals surface area contributed by atoms with Crippen LogP contribution in [-0.2, 0) is 26.0 Å². The Morgan fingerprint density at radius 3 is 2.18 bits per heavy atom. The Balaban J connectivity index is 1.71. The molecule has 178 valence electrons. The van der Waals surface area contributed by atoms with E-state index in [1.54, 1.807) is 26.0 Å². The van der Waals surface area contributed by atoms with Crippen LogP contribution < -0.4 is 15.4 Å². The molecule has 1 atom stereocenters. The first-order valence-electron chi connectivity index (χ1n) is 11.5. The number of hydrogen-bond donors (Lipinski definition) is 3. The molecule has 1 aliphatic rings. The number of carbonyl (C=O) groups excluding carboxylic acids is 2. The average molecular weight is 472 g/mol. The Hall–Kier alpha value is -2.71. The van der Waals surface area contributed by atoms with E-state index in [9.17, 15) is 18.0 Å². The van der Waals surface area contributed by atoms with Gasteiger partial charge in [-0.15, -0.1) is 0 Å². The van der Waals surface area contributed by atoms with Crippen molar-refractivity contribution in [1.82, 2.24) is 10.0 Å². The molecule has 0 spiro atoms. The predicted molar refractivity (Wildman–Crippen MR) is 129 cm³/mol. The van der Waals surface area contributed by atoms with E-state index in [0.717, 1.165) is 37.7 Å². The van der Waals surface area contributed by atoms with Crippen LogP contribution in [0, 0.1) is 5.92 Å². The number of amides is 2. The normalized spacial score (nSPS) is 15.7. The molecule has 0 aliphatic heterocycles. The first kappa shape index (κ1) is 24.9. The van der Waals surface area contributed by atoms with Crippen LogP contribution >= 0.6 is 0 Å². The van der Waals surface area contributed by atoms with Crippen LogP contribution in [0.3, 0.4) is 0 Å². The molecule has 8 heteroatoms. The van der Waals surface area contributed by atoms with Gasteiger partial charge >= 0.3 is 0 Å². The van der Waals surface area contributed by atoms with Gasteiger partial charge in [0.2, 0.25) is 21.8 Å². The molecule has 3 rings (SSSR count). The Bertz CT molecular complexity index is 1030. The second-order valence-electron chi connectivity index (χ2n) is 8.88. The lowest BCUT2D eigenvalue weighted by Crippen LogP contribution is -2.47. The Morgan fingerprint density at radius 1 is 0.939 bits per heavy atom. The fraction of sp³-hybridized carbons (Fsp3) is 0.440. The molecule has 2 aromatic rings. The largest absolute Gasteiger partial charge is 0.344 e. The number of anilines is 1. The van der Waals surface area contributed by atoms with Crippen molar-refractivity contribution >= 4 is 27.5 Å². The van der Waals surface area contributed by atoms with Gasteiger partial charge in [-0.25, -0.2) is 13.1 Å². The fourth-order valence-corrected chi connectivity index (χ4v) is 5.29. The van der Waals surface area contributed by atoms with Gasteiger partial charge in [0.1, 0.15) is 6.04 Å². The highest BCUT2D eigenvalue weighted by atomic mass is 32.2. The molecule has 3 N–H and O–H groups in total. The molecule has 0 radical (unpaired) electrons. The standard InChI is InChI=1S/C25H33N3O4S/c1-18(2)28-33(31,32)22-15-13-21(14-16-22)26-25(30)23(17-19-9-5-3-6-10-19)27-24(29)20-11-7-4-8-12-20/h3,5-6,9-10,13-16,18,20,23,28H,4,7-8,11-12,17H2,1-2H3,(H,26,30)(H,27,29)/t23-/m0/s1. The third-order valence-electron chi connectivity index (χ3n) is 5.71. The first-order valence-corrected chi connectivity index (χ1v) is 13.0. The highest BCUT2D eigenvalue weighted by molar-refractivity contribution is 7.89. The zero-order valence-corrected chi connectivity index (χ0v) is 20.0. The van der Waals surface area contributed by atoms with Gasteiger partial charge in [-0.3, -0.25) is 9.59 Å². The number of sulfonamides is 1. The van der Waals surface area contributed by atoms with Gasteiger partial charge in [0.05, 0.1) is 4.90 Å². The molecule has 1 fully saturated rings. The molecule has 0 unspecified atom stereocenters. The van der Waals surface area contributed by atoms with Crippen LogP contribution in [0.1, 0.15) is 51.5 Å². The van der Waals surface area contributed by atoms with Gasteiger partial charge in [-0.2, -0.15) is 0 Å². The molecule has 0 saturated heterocycles. The molecule has 33 heavy (non-hydrogen) atoms. The molecule has 0 aromatic heterocycles. The van der Waals surface area contributed by atoms with Gasteiger partial charge in [0, 0.05) is 24.1 Å². The maximum absolute atomic E-state index is 13.1. The second-order valence-corrected chi connectivity index (χ2v) is 10.6. The van der Waals surface area contributed by atoms with Crippen molar-refractivity contribution in [1.29, 1.82) is 0 Å². The molecular weight excluding hydrogens is 438 g/mol. The quantitative estimate of drug-likeness (QED) is 0.520. The van der Waals surface area contributed by atoms with E-state index in [1.807, 2.05) is 30.3 Å². The number of carbonyl (C=O) groups is 2. The highest BCUT2D eigenvalue weighted by Crippen LogP contribution is 2.24. The summed E-state index contributed by atoms with van der Waals surface area (Å²) in [6, 6.07) is 14.6. The summed E-state index contributed by atoms with van der Waals surface area (Å²) in [5, 5.41) is 5.78. The van der Waals surface area contributed by atoms with Gasteiger partial charge in [0.15, 0.2) is 0 Å². The summed E-state index contributed by atoms with van der Waals surface area (Å²) in [4.78, 5) is 26.1. The zero-order valence-electron chi connectivity index (χ0n) is 19.2. The zero-order chi connectivity index (χ0) is 23.8. The van der Waals surface area contributed by atoms with Crippen LogP contribution in [0.5, 0.6) is 0 Å². The van der Waals surface area contributed by atoms with Crippen LogP contribution in [0.15, 0.2) is 59.5 Å². The van der Waals surface area contributed by atoms with Crippen LogP contribution in [0.25, 0.3) is 0 Å². The van der Waals surface area contributed by atoms with Gasteiger partial charge in [-0.1, -0.05) is 49.6 Å². The van der Waals surface area contributed by atoms with E-state index in [-0.39, 0.29) is 28.7 Å². The highest BCUT2D eigenvalue weighted by Gasteiger charge is 2.27. The Labute approximate surface area is 196 Å². The fourth-order valence-electron chi connectivity index (χ4n) is 4.04. The van der Waals surface area contributed by atoms with Gasteiger partial charge < -0.3 is 10.6 Å². The number of hydrogen-bond acceptors (Lipinski definition) is 4. The molecule has 2 aromatic carbocycles. The molecule has 0 bridgehead atoms. The molecule has 1 aliphatic carbocycles. The summed E-state index contributed by atoms with van der Waals surface area (Å²) in [5.41, 5.74) is 1.41. The van der Waals surface area contributed by atoms with Crippen molar-refractivity contribution in [2.75, 3.05) is 5.32 Å². The SMILES string of the molecule is CC(C)NS(=O)(=O)c1ccc(NC(=O)[C@H](Cc2ccccc2)NC(=O)C2CCCCC2)cc1. The van der Waals surface area contributed by atoms with Crippen molar-refractivity contribution in [2.45, 2.75) is 69.4 Å². The van der Waals surface area contributed by atoms with E-state index in [1.165, 1.54) is 12.1 Å². The summed E-state index contributed by atoms with van der Waals surface area (Å²) in [7, 11) is -3.61. The summed E-state index contributed by atoms with van der Waals surface area (Å²) in [6.07, 6.45) is 5.30. The monoisotopic (exact) mass is 471 g/mol. The van der Waals surface area contributed by atoms with Crippen molar-refractivity contribution in [3.63, 3.8) is 0 Å². The first-order chi connectivity index (χ1) is 15.7. The predicted octanol–water partition coefficient (Wildman–Crippen LogP) is 3.62. The number of benzene rings is 2. The minimum atomic E-state index is -3.61. The smallest absolute Gasteiger partial charge is 0.247 e. The minimum absolute atomic E-state index is 0.0530. The maximum Gasteiger partial charge on any atom is 0.247 e. The van der Waals surface area contributed by atoms with E-state index >= 15 is 0 Å². The van der Waals surface area contributed by atoms with Crippen LogP contribution in [-0.4, -0.2) is 32.3 Å². The van der Waals surface area contributed by atoms with Crippen molar-refractivity contribution in [3.05, 3.63) is 60.2 Å². The summed E-state index contributed by atoms with van der Waals surface area (Å²) in [6.45, 7) is 3.50. The maximum atomic E-state index is 13.1. The van der Waals surface area contributed by atoms with E-state index in [0.29, 0.717) is 12.1 Å². The topological polar surface area (TPSA) is 104 Å². The molecule has 0 heterocycles. The average Bonchev–Trinajstić information content (AvgIpc) is 2.79. The van der Waals surface area contributed by atoms with E-state index < -0.39 is 16.1 Å². The lowest BCUT2D eigenvalue weighted by molar-refractivity contribution is -0.130. The van der Waals surface area contributed by atoms with E-state index in [2.05, 4.69) is 15.4 Å². The van der Waals surface area contributed by atoms with Gasteiger partial charge in [-0.05, 0) is 56.5 Å². The van der Waals surface area contributed by atoms with Crippen molar-refractivity contribution < 1.29 is 18.0 Å². The number of nitrogens with one attached hydrogen (secondary N) is 3. The molecule has 2 amide bonds. The van der Waals surface area contributed by atoms with Crippen LogP contribution in [0.2, 0.25) is 0 Å². The lowest BCUT2D eigenvalue weighted by Gasteiger charge is -2.25. The minimum Gasteiger partial charge on any atom is -0.344 e. The Morgan fingerprint density at radius 2 is 1.58 bits per heavy atom. The van der Waals surface area contributed by atoms with Crippen molar-refractivity contribution in [2.24, 2.45) is 5.92 Å². The summed E-state index contributed by atoms with van der Waals surface area (Å²) >= 11 is 0. The van der Waals surface area contributed by atoms with E-state index in [4.69, 9.17) is 0 Å². The molecule has 7 nitrogen and oxygen atoms in total. The summed E-state index contributed by atoms with van der Waals surface area (Å²) in [5.74, 6) is -0.464. The van der Waals surface area contributed by atoms with Gasteiger partial charge in [0.25, 0.3) is 0 Å². The third kappa shape index (κ3) is 7.40. The lowest BCUT2D eigenvalue weighted by atomic mass is 9.88. The Kier molecular flexibility index (Phi) is 8.63. The molecular formula is C25H33N3O4S. The molecule has 1 saturated carbocycles. The number of rotatable bonds is 9. The second kappa shape index (κ2) is 11.4. The van der Waals surface area contributed by atoms with Crippen molar-refractivity contribution in [3.8, 4) is 0 Å². The third-order valence-corrected chi connectivity index (χ3v) is 7.39.